The molecule has 0 aromatic heterocycles. The molecule has 0 rings (SSSR count). The van der Waals surface area contributed by atoms with Crippen molar-refractivity contribution in [3.8, 4) is 0 Å². The van der Waals surface area contributed by atoms with Crippen molar-refractivity contribution in [2.24, 2.45) is 22.2 Å². The van der Waals surface area contributed by atoms with E-state index in [9.17, 15) is 28.8 Å². The van der Waals surface area contributed by atoms with Crippen LogP contribution in [0.3, 0.4) is 0 Å². The lowest BCUT2D eigenvalue weighted by molar-refractivity contribution is -0.142. The monoisotopic (exact) mass is 475 g/mol. The highest BCUT2D eigenvalue weighted by atomic mass is 16.4. The molecule has 16 nitrogen and oxygen atoms in total. The van der Waals surface area contributed by atoms with E-state index >= 15 is 0 Å². The average Bonchev–Trinajstić information content (AvgIpc) is 2.70. The van der Waals surface area contributed by atoms with Crippen LogP contribution >= 0.6 is 0 Å². The molecule has 0 aromatic carbocycles. The quantitative estimate of drug-likeness (QED) is 0.0584. The van der Waals surface area contributed by atoms with Crippen LogP contribution in [0.1, 0.15) is 32.1 Å². The number of hydrogen-bond acceptors (Lipinski definition) is 8. The fourth-order valence-electron chi connectivity index (χ4n) is 2.41. The minimum absolute atomic E-state index is 0.114. The van der Waals surface area contributed by atoms with Crippen LogP contribution in [-0.4, -0.2) is 88.1 Å². The summed E-state index contributed by atoms with van der Waals surface area (Å²) >= 11 is 0. The van der Waals surface area contributed by atoms with Gasteiger partial charge in [-0.15, -0.1) is 0 Å². The second kappa shape index (κ2) is 15.0. The Balaban J connectivity index is 5.22. The molecule has 0 fully saturated rings. The number of carboxylic acids is 3. The van der Waals surface area contributed by atoms with E-state index in [4.69, 9.17) is 32.5 Å². The van der Waals surface area contributed by atoms with Crippen molar-refractivity contribution >= 4 is 41.6 Å². The Morgan fingerprint density at radius 1 is 0.788 bits per heavy atom. The number of carbonyl (C=O) groups is 6. The molecule has 0 heterocycles. The molecule has 0 saturated carbocycles. The predicted molar refractivity (Wildman–Crippen MR) is 112 cm³/mol. The summed E-state index contributed by atoms with van der Waals surface area (Å²) in [5.74, 6) is -7.20. The molecular weight excluding hydrogens is 446 g/mol. The largest absolute Gasteiger partial charge is 0.481 e. The minimum atomic E-state index is -1.64. The third-order valence-electron chi connectivity index (χ3n) is 4.01. The van der Waals surface area contributed by atoms with Crippen LogP contribution in [0.15, 0.2) is 4.99 Å². The van der Waals surface area contributed by atoms with Crippen LogP contribution in [-0.2, 0) is 28.8 Å². The molecule has 0 bridgehead atoms. The van der Waals surface area contributed by atoms with Crippen molar-refractivity contribution in [2.45, 2.75) is 50.2 Å². The van der Waals surface area contributed by atoms with Gasteiger partial charge in [-0.1, -0.05) is 0 Å². The molecule has 0 saturated heterocycles. The van der Waals surface area contributed by atoms with Gasteiger partial charge in [0.05, 0.1) is 12.5 Å². The van der Waals surface area contributed by atoms with Crippen LogP contribution in [0, 0.1) is 0 Å². The molecule has 3 amide bonds. The Labute approximate surface area is 187 Å². The molecule has 0 spiro atoms. The number of carboxylic acid groups (broad SMARTS) is 3. The summed E-state index contributed by atoms with van der Waals surface area (Å²) in [5, 5.41) is 32.8. The molecule has 0 aliphatic carbocycles. The van der Waals surface area contributed by atoms with E-state index in [1.807, 2.05) is 5.32 Å². The van der Waals surface area contributed by atoms with Gasteiger partial charge in [0.25, 0.3) is 0 Å². The zero-order valence-corrected chi connectivity index (χ0v) is 17.7. The van der Waals surface area contributed by atoms with E-state index < -0.39 is 79.6 Å². The van der Waals surface area contributed by atoms with E-state index in [2.05, 4.69) is 15.6 Å². The van der Waals surface area contributed by atoms with Crippen LogP contribution in [0.4, 0.5) is 0 Å². The van der Waals surface area contributed by atoms with Gasteiger partial charge in [-0.05, 0) is 19.3 Å². The number of aliphatic carboxylic acids is 3. The lowest BCUT2D eigenvalue weighted by atomic mass is 10.1. The summed E-state index contributed by atoms with van der Waals surface area (Å²) < 4.78 is 0. The van der Waals surface area contributed by atoms with Crippen molar-refractivity contribution < 1.29 is 44.1 Å². The SMILES string of the molecule is NC(N)=NCCCC(N)C(=O)NC(CC(=O)O)C(=O)NC(CCC(=O)O)C(=O)NCC(=O)O. The minimum Gasteiger partial charge on any atom is -0.481 e. The molecule has 0 aliphatic heterocycles. The highest BCUT2D eigenvalue weighted by Gasteiger charge is 2.30. The van der Waals surface area contributed by atoms with Crippen LogP contribution in [0.5, 0.6) is 0 Å². The summed E-state index contributed by atoms with van der Waals surface area (Å²) in [6, 6.07) is -4.25. The molecule has 33 heavy (non-hydrogen) atoms. The van der Waals surface area contributed by atoms with Crippen molar-refractivity contribution in [3.63, 3.8) is 0 Å². The number of nitrogens with one attached hydrogen (secondary N) is 3. The maximum Gasteiger partial charge on any atom is 0.322 e. The zero-order chi connectivity index (χ0) is 25.6. The van der Waals surface area contributed by atoms with Gasteiger partial charge in [0.15, 0.2) is 5.96 Å². The van der Waals surface area contributed by atoms with Gasteiger partial charge in [-0.2, -0.15) is 0 Å². The maximum atomic E-state index is 12.6. The number of rotatable bonds is 16. The van der Waals surface area contributed by atoms with Crippen molar-refractivity contribution in [3.05, 3.63) is 0 Å². The molecule has 0 aromatic rings. The fraction of sp³-hybridized carbons (Fsp3) is 0.588. The van der Waals surface area contributed by atoms with Gasteiger partial charge >= 0.3 is 17.9 Å². The van der Waals surface area contributed by atoms with Crippen LogP contribution in [0.25, 0.3) is 0 Å². The number of nitrogens with zero attached hydrogens (tertiary/aromatic N) is 1. The first-order valence-corrected chi connectivity index (χ1v) is 9.68. The number of carbonyl (C=O) groups excluding carboxylic acids is 3. The van der Waals surface area contributed by atoms with E-state index in [1.54, 1.807) is 0 Å². The number of nitrogens with two attached hydrogens (primary N) is 3. The summed E-state index contributed by atoms with van der Waals surface area (Å²) in [4.78, 5) is 73.2. The molecule has 3 unspecified atom stereocenters. The Morgan fingerprint density at radius 2 is 1.39 bits per heavy atom. The molecule has 0 radical (unpaired) electrons. The molecule has 3 atom stereocenters. The molecule has 0 aliphatic rings. The Hall–Kier alpha value is -3.95. The third kappa shape index (κ3) is 13.9. The molecule has 12 N–H and O–H groups in total. The number of amides is 3. The molecular formula is C17H29N7O9. The topological polar surface area (TPSA) is 290 Å². The average molecular weight is 475 g/mol. The Morgan fingerprint density at radius 3 is 1.91 bits per heavy atom. The Bertz CT molecular complexity index is 768. The first-order valence-electron chi connectivity index (χ1n) is 9.68. The van der Waals surface area contributed by atoms with E-state index in [0.717, 1.165) is 0 Å². The maximum absolute atomic E-state index is 12.6. The standard InChI is InChI=1S/C17H29N7O9/c18-8(2-1-5-21-17(19)20)14(31)24-10(6-12(27)28)16(33)23-9(3-4-11(25)26)15(32)22-7-13(29)30/h8-10H,1-7,18H2,(H,22,32)(H,23,33)(H,24,31)(H,25,26)(H,27,28)(H,29,30)(H4,19,20,21). The zero-order valence-electron chi connectivity index (χ0n) is 17.7. The third-order valence-corrected chi connectivity index (χ3v) is 4.01. The fourth-order valence-corrected chi connectivity index (χ4v) is 2.41. The van der Waals surface area contributed by atoms with Crippen molar-refractivity contribution in [2.75, 3.05) is 13.1 Å². The van der Waals surface area contributed by atoms with Crippen molar-refractivity contribution in [1.29, 1.82) is 0 Å². The van der Waals surface area contributed by atoms with E-state index in [-0.39, 0.29) is 18.9 Å². The Kier molecular flexibility index (Phi) is 13.2. The smallest absolute Gasteiger partial charge is 0.322 e. The van der Waals surface area contributed by atoms with Gasteiger partial charge < -0.3 is 48.5 Å². The lowest BCUT2D eigenvalue weighted by Crippen LogP contribution is -2.56. The first kappa shape index (κ1) is 29.0. The molecule has 16 heteroatoms. The van der Waals surface area contributed by atoms with Gasteiger partial charge in [0, 0.05) is 13.0 Å². The van der Waals surface area contributed by atoms with Gasteiger partial charge in [0.2, 0.25) is 17.7 Å². The van der Waals surface area contributed by atoms with Crippen molar-refractivity contribution in [1.82, 2.24) is 16.0 Å². The van der Waals surface area contributed by atoms with Crippen LogP contribution in [0.2, 0.25) is 0 Å². The summed E-state index contributed by atoms with van der Waals surface area (Å²) in [7, 11) is 0. The van der Waals surface area contributed by atoms with Gasteiger partial charge in [0.1, 0.15) is 18.6 Å². The number of aliphatic imine (C=N–C) groups is 1. The number of hydrogen-bond donors (Lipinski definition) is 9. The van der Waals surface area contributed by atoms with Gasteiger partial charge in [-0.25, -0.2) is 0 Å². The van der Waals surface area contributed by atoms with E-state index in [1.165, 1.54) is 0 Å². The van der Waals surface area contributed by atoms with E-state index in [0.29, 0.717) is 6.42 Å². The highest BCUT2D eigenvalue weighted by Crippen LogP contribution is 2.03. The summed E-state index contributed by atoms with van der Waals surface area (Å²) in [6.45, 7) is -0.596. The number of guanidine groups is 1. The molecule has 186 valence electrons. The van der Waals surface area contributed by atoms with Gasteiger partial charge in [-0.3, -0.25) is 33.8 Å². The summed E-state index contributed by atoms with van der Waals surface area (Å²) in [5.41, 5.74) is 16.1. The first-order chi connectivity index (χ1) is 15.3. The lowest BCUT2D eigenvalue weighted by Gasteiger charge is -2.23. The second-order valence-corrected chi connectivity index (χ2v) is 6.82. The summed E-state index contributed by atoms with van der Waals surface area (Å²) in [6.07, 6.45) is -1.39. The second-order valence-electron chi connectivity index (χ2n) is 6.82. The highest BCUT2D eigenvalue weighted by molar-refractivity contribution is 5.95. The normalized spacial score (nSPS) is 13.0. The van der Waals surface area contributed by atoms with Crippen LogP contribution < -0.4 is 33.2 Å². The predicted octanol–water partition coefficient (Wildman–Crippen LogP) is -4.12.